The minimum absolute atomic E-state index is 0.0906. The van der Waals surface area contributed by atoms with Gasteiger partial charge < -0.3 is 0 Å². The van der Waals surface area contributed by atoms with Crippen molar-refractivity contribution >= 4 is 0 Å². The molecule has 0 aliphatic rings. The van der Waals surface area contributed by atoms with Gasteiger partial charge in [-0.2, -0.15) is 13.2 Å². The standard InChI is InChI=1S/C11H14F4N2/c12-9-5-2-1-4-8(9)10(17-16)6-3-7-11(13,14)15/h1-2,4-5,10,17H,3,6-7,16H2. The fourth-order valence-electron chi connectivity index (χ4n) is 1.59. The van der Waals surface area contributed by atoms with E-state index in [4.69, 9.17) is 5.84 Å². The maximum absolute atomic E-state index is 13.4. The Morgan fingerprint density at radius 3 is 2.41 bits per heavy atom. The van der Waals surface area contributed by atoms with Crippen LogP contribution in [0, 0.1) is 5.82 Å². The molecular formula is C11H14F4N2. The van der Waals surface area contributed by atoms with Crippen LogP contribution < -0.4 is 11.3 Å². The third-order valence-electron chi connectivity index (χ3n) is 2.43. The van der Waals surface area contributed by atoms with E-state index in [0.717, 1.165) is 0 Å². The van der Waals surface area contributed by atoms with Gasteiger partial charge >= 0.3 is 6.18 Å². The Bertz CT molecular complexity index is 352. The first-order valence-electron chi connectivity index (χ1n) is 5.21. The van der Waals surface area contributed by atoms with Gasteiger partial charge in [0.05, 0.1) is 0 Å². The van der Waals surface area contributed by atoms with Crippen LogP contribution in [0.15, 0.2) is 24.3 Å². The molecule has 0 radical (unpaired) electrons. The minimum Gasteiger partial charge on any atom is -0.271 e. The third-order valence-corrected chi connectivity index (χ3v) is 2.43. The minimum atomic E-state index is -4.19. The van der Waals surface area contributed by atoms with Gasteiger partial charge in [-0.05, 0) is 18.9 Å². The van der Waals surface area contributed by atoms with Crippen LogP contribution >= 0.6 is 0 Å². The molecule has 1 unspecified atom stereocenters. The highest BCUT2D eigenvalue weighted by Crippen LogP contribution is 2.26. The van der Waals surface area contributed by atoms with E-state index >= 15 is 0 Å². The summed E-state index contributed by atoms with van der Waals surface area (Å²) >= 11 is 0. The van der Waals surface area contributed by atoms with Crippen LogP contribution in [-0.2, 0) is 0 Å². The van der Waals surface area contributed by atoms with Crippen molar-refractivity contribution in [3.05, 3.63) is 35.6 Å². The molecule has 0 amide bonds. The van der Waals surface area contributed by atoms with Crippen molar-refractivity contribution in [3.63, 3.8) is 0 Å². The molecule has 0 heterocycles. The van der Waals surface area contributed by atoms with Gasteiger partial charge in [0, 0.05) is 18.0 Å². The third kappa shape index (κ3) is 4.70. The van der Waals surface area contributed by atoms with Gasteiger partial charge in [0.15, 0.2) is 0 Å². The van der Waals surface area contributed by atoms with Crippen molar-refractivity contribution in [2.24, 2.45) is 5.84 Å². The van der Waals surface area contributed by atoms with E-state index in [1.807, 2.05) is 0 Å². The molecule has 1 rings (SSSR count). The molecule has 0 saturated heterocycles. The summed E-state index contributed by atoms with van der Waals surface area (Å²) in [6.07, 6.45) is -5.03. The molecule has 0 aliphatic heterocycles. The number of nitrogens with two attached hydrogens (primary N) is 1. The molecule has 96 valence electrons. The van der Waals surface area contributed by atoms with Crippen LogP contribution in [0.4, 0.5) is 17.6 Å². The molecule has 0 aliphatic carbocycles. The van der Waals surface area contributed by atoms with Gasteiger partial charge in [0.2, 0.25) is 0 Å². The fourth-order valence-corrected chi connectivity index (χ4v) is 1.59. The second-order valence-corrected chi connectivity index (χ2v) is 3.75. The van der Waals surface area contributed by atoms with Crippen molar-refractivity contribution < 1.29 is 17.6 Å². The van der Waals surface area contributed by atoms with E-state index in [1.165, 1.54) is 18.2 Å². The zero-order valence-corrected chi connectivity index (χ0v) is 9.10. The van der Waals surface area contributed by atoms with Crippen molar-refractivity contribution in [2.75, 3.05) is 0 Å². The quantitative estimate of drug-likeness (QED) is 0.479. The van der Waals surface area contributed by atoms with Crippen molar-refractivity contribution in [1.82, 2.24) is 5.43 Å². The highest BCUT2D eigenvalue weighted by Gasteiger charge is 2.27. The lowest BCUT2D eigenvalue weighted by molar-refractivity contribution is -0.135. The van der Waals surface area contributed by atoms with Crippen LogP contribution in [0.1, 0.15) is 30.9 Å². The molecule has 2 nitrogen and oxygen atoms in total. The van der Waals surface area contributed by atoms with E-state index in [0.29, 0.717) is 0 Å². The molecule has 0 bridgehead atoms. The Kier molecular flexibility index (Phi) is 4.89. The van der Waals surface area contributed by atoms with Gasteiger partial charge in [-0.3, -0.25) is 11.3 Å². The van der Waals surface area contributed by atoms with Gasteiger partial charge in [-0.1, -0.05) is 18.2 Å². The van der Waals surface area contributed by atoms with Crippen LogP contribution in [0.25, 0.3) is 0 Å². The number of benzene rings is 1. The highest BCUT2D eigenvalue weighted by atomic mass is 19.4. The molecule has 0 spiro atoms. The molecule has 17 heavy (non-hydrogen) atoms. The number of halogens is 4. The second-order valence-electron chi connectivity index (χ2n) is 3.75. The van der Waals surface area contributed by atoms with Gasteiger partial charge in [-0.25, -0.2) is 4.39 Å². The lowest BCUT2D eigenvalue weighted by Crippen LogP contribution is -2.29. The SMILES string of the molecule is NNC(CCCC(F)(F)F)c1ccccc1F. The number of alkyl halides is 3. The Balaban J connectivity index is 2.58. The van der Waals surface area contributed by atoms with E-state index in [-0.39, 0.29) is 18.4 Å². The van der Waals surface area contributed by atoms with Crippen LogP contribution in [0.5, 0.6) is 0 Å². The molecule has 0 fully saturated rings. The number of rotatable bonds is 5. The summed E-state index contributed by atoms with van der Waals surface area (Å²) < 4.78 is 49.3. The normalized spacial score (nSPS) is 13.7. The van der Waals surface area contributed by atoms with E-state index in [9.17, 15) is 17.6 Å². The molecule has 0 aromatic heterocycles. The lowest BCUT2D eigenvalue weighted by Gasteiger charge is -2.17. The summed E-state index contributed by atoms with van der Waals surface area (Å²) in [6.45, 7) is 0. The summed E-state index contributed by atoms with van der Waals surface area (Å²) in [5, 5.41) is 0. The molecule has 1 atom stereocenters. The van der Waals surface area contributed by atoms with Gasteiger partial charge in [-0.15, -0.1) is 0 Å². The van der Waals surface area contributed by atoms with E-state index in [1.54, 1.807) is 6.07 Å². The maximum atomic E-state index is 13.4. The molecule has 6 heteroatoms. The molecule has 0 saturated carbocycles. The number of hydrogen-bond acceptors (Lipinski definition) is 2. The monoisotopic (exact) mass is 250 g/mol. The summed E-state index contributed by atoms with van der Waals surface area (Å²) in [4.78, 5) is 0. The number of hydrazine groups is 1. The van der Waals surface area contributed by atoms with Crippen molar-refractivity contribution in [1.29, 1.82) is 0 Å². The number of nitrogens with one attached hydrogen (secondary N) is 1. The average molecular weight is 250 g/mol. The van der Waals surface area contributed by atoms with Gasteiger partial charge in [0.1, 0.15) is 5.82 Å². The van der Waals surface area contributed by atoms with Crippen LogP contribution in [-0.4, -0.2) is 6.18 Å². The summed E-state index contributed by atoms with van der Waals surface area (Å²) in [5.41, 5.74) is 2.63. The topological polar surface area (TPSA) is 38.0 Å². The summed E-state index contributed by atoms with van der Waals surface area (Å²) in [6, 6.07) is 5.30. The first-order valence-corrected chi connectivity index (χ1v) is 5.21. The fraction of sp³-hybridized carbons (Fsp3) is 0.455. The van der Waals surface area contributed by atoms with Crippen LogP contribution in [0.2, 0.25) is 0 Å². The van der Waals surface area contributed by atoms with Crippen molar-refractivity contribution in [3.8, 4) is 0 Å². The first kappa shape index (κ1) is 13.9. The van der Waals surface area contributed by atoms with Gasteiger partial charge in [0.25, 0.3) is 0 Å². The predicted octanol–water partition coefficient (Wildman–Crippen LogP) is 3.06. The largest absolute Gasteiger partial charge is 0.389 e. The zero-order chi connectivity index (χ0) is 12.9. The Hall–Kier alpha value is -1.14. The average Bonchev–Trinajstić information content (AvgIpc) is 2.24. The second kappa shape index (κ2) is 5.97. The Morgan fingerprint density at radius 1 is 1.24 bits per heavy atom. The molecular weight excluding hydrogens is 236 g/mol. The molecule has 1 aromatic rings. The van der Waals surface area contributed by atoms with Crippen LogP contribution in [0.3, 0.4) is 0 Å². The Morgan fingerprint density at radius 2 is 1.88 bits per heavy atom. The van der Waals surface area contributed by atoms with Crippen molar-refractivity contribution in [2.45, 2.75) is 31.5 Å². The smallest absolute Gasteiger partial charge is 0.271 e. The van der Waals surface area contributed by atoms with E-state index < -0.39 is 24.5 Å². The predicted molar refractivity (Wildman–Crippen MR) is 56.4 cm³/mol. The maximum Gasteiger partial charge on any atom is 0.389 e. The summed E-state index contributed by atoms with van der Waals surface area (Å²) in [5.74, 6) is 4.76. The highest BCUT2D eigenvalue weighted by molar-refractivity contribution is 5.20. The molecule has 3 N–H and O–H groups in total. The lowest BCUT2D eigenvalue weighted by atomic mass is 10.0. The first-order chi connectivity index (χ1) is 7.94. The van der Waals surface area contributed by atoms with E-state index in [2.05, 4.69) is 5.43 Å². The summed E-state index contributed by atoms with van der Waals surface area (Å²) in [7, 11) is 0. The zero-order valence-electron chi connectivity index (χ0n) is 9.10. The molecule has 1 aromatic carbocycles. The Labute approximate surface area is 96.8 Å². The number of hydrogen-bond donors (Lipinski definition) is 2.